The molecule has 4 heteroatoms. The van der Waals surface area contributed by atoms with E-state index in [1.54, 1.807) is 0 Å². The summed E-state index contributed by atoms with van der Waals surface area (Å²) >= 11 is 2.01. The SMILES string of the molecule is CC(C)c1ccc2c(c1)C(C(=O)N1CCSCC1(C)N1CCCC1)CC2. The van der Waals surface area contributed by atoms with E-state index in [0.29, 0.717) is 11.8 Å². The van der Waals surface area contributed by atoms with Gasteiger partial charge in [-0.05, 0) is 55.2 Å². The van der Waals surface area contributed by atoms with E-state index in [9.17, 15) is 4.79 Å². The van der Waals surface area contributed by atoms with Gasteiger partial charge in [0.05, 0.1) is 5.92 Å². The molecule has 2 unspecified atom stereocenters. The molecular weight excluding hydrogens is 340 g/mol. The molecule has 0 spiro atoms. The lowest BCUT2D eigenvalue weighted by Gasteiger charge is -2.50. The van der Waals surface area contributed by atoms with Gasteiger partial charge in [-0.25, -0.2) is 0 Å². The van der Waals surface area contributed by atoms with Crippen LogP contribution in [0.15, 0.2) is 18.2 Å². The van der Waals surface area contributed by atoms with Gasteiger partial charge in [0, 0.05) is 31.1 Å². The number of aryl methyl sites for hydroxylation is 1. The highest BCUT2D eigenvalue weighted by Crippen LogP contribution is 2.40. The maximum atomic E-state index is 13.7. The number of thioether (sulfide) groups is 1. The number of hydrogen-bond donors (Lipinski definition) is 0. The van der Waals surface area contributed by atoms with Crippen molar-refractivity contribution in [2.75, 3.05) is 31.1 Å². The van der Waals surface area contributed by atoms with Crippen molar-refractivity contribution in [3.63, 3.8) is 0 Å². The number of benzene rings is 1. The van der Waals surface area contributed by atoms with Crippen LogP contribution in [-0.4, -0.2) is 52.5 Å². The summed E-state index contributed by atoms with van der Waals surface area (Å²) in [6.07, 6.45) is 4.57. The summed E-state index contributed by atoms with van der Waals surface area (Å²) in [4.78, 5) is 18.5. The molecule has 2 aliphatic heterocycles. The summed E-state index contributed by atoms with van der Waals surface area (Å²) in [7, 11) is 0. The third kappa shape index (κ3) is 3.09. The fourth-order valence-corrected chi connectivity index (χ4v) is 6.15. The van der Waals surface area contributed by atoms with E-state index in [4.69, 9.17) is 0 Å². The third-order valence-electron chi connectivity index (χ3n) is 6.68. The van der Waals surface area contributed by atoms with Gasteiger partial charge in [0.2, 0.25) is 5.91 Å². The second kappa shape index (κ2) is 7.20. The number of fused-ring (bicyclic) bond motifs is 1. The Hall–Kier alpha value is -1.00. The molecule has 0 N–H and O–H groups in total. The van der Waals surface area contributed by atoms with Crippen LogP contribution >= 0.6 is 11.8 Å². The summed E-state index contributed by atoms with van der Waals surface area (Å²) in [5.41, 5.74) is 3.96. The predicted molar refractivity (Wildman–Crippen MR) is 110 cm³/mol. The van der Waals surface area contributed by atoms with Crippen LogP contribution in [0.25, 0.3) is 0 Å². The van der Waals surface area contributed by atoms with Crippen LogP contribution in [0.1, 0.15) is 68.6 Å². The highest BCUT2D eigenvalue weighted by molar-refractivity contribution is 7.99. The van der Waals surface area contributed by atoms with E-state index in [-0.39, 0.29) is 11.6 Å². The Kier molecular flexibility index (Phi) is 5.08. The van der Waals surface area contributed by atoms with Crippen molar-refractivity contribution >= 4 is 17.7 Å². The first-order valence-corrected chi connectivity index (χ1v) is 11.4. The number of hydrogen-bond acceptors (Lipinski definition) is 3. The van der Waals surface area contributed by atoms with Crippen molar-refractivity contribution in [1.29, 1.82) is 0 Å². The summed E-state index contributed by atoms with van der Waals surface area (Å²) < 4.78 is 0. The zero-order chi connectivity index (χ0) is 18.3. The van der Waals surface area contributed by atoms with Gasteiger partial charge in [0.1, 0.15) is 5.66 Å². The summed E-state index contributed by atoms with van der Waals surface area (Å²) in [5.74, 6) is 3.07. The molecule has 1 aromatic carbocycles. The molecule has 3 nitrogen and oxygen atoms in total. The highest BCUT2D eigenvalue weighted by atomic mass is 32.2. The number of amides is 1. The van der Waals surface area contributed by atoms with Crippen LogP contribution < -0.4 is 0 Å². The largest absolute Gasteiger partial charge is 0.322 e. The second-order valence-corrected chi connectivity index (χ2v) is 9.76. The number of likely N-dealkylation sites (tertiary alicyclic amines) is 1. The second-order valence-electron chi connectivity index (χ2n) is 8.66. The summed E-state index contributed by atoms with van der Waals surface area (Å²) in [5, 5.41) is 0. The van der Waals surface area contributed by atoms with Gasteiger partial charge in [-0.3, -0.25) is 9.69 Å². The Morgan fingerprint density at radius 3 is 2.73 bits per heavy atom. The minimum Gasteiger partial charge on any atom is -0.322 e. The van der Waals surface area contributed by atoms with Crippen molar-refractivity contribution in [3.8, 4) is 0 Å². The molecule has 4 rings (SSSR count). The first-order chi connectivity index (χ1) is 12.5. The predicted octanol–water partition coefficient (Wildman–Crippen LogP) is 4.23. The van der Waals surface area contributed by atoms with Gasteiger partial charge in [0.25, 0.3) is 0 Å². The average molecular weight is 373 g/mol. The van der Waals surface area contributed by atoms with Crippen molar-refractivity contribution in [3.05, 3.63) is 34.9 Å². The zero-order valence-electron chi connectivity index (χ0n) is 16.5. The van der Waals surface area contributed by atoms with Gasteiger partial charge in [0.15, 0.2) is 0 Å². The maximum absolute atomic E-state index is 13.7. The number of rotatable bonds is 3. The minimum absolute atomic E-state index is 0.0636. The Morgan fingerprint density at radius 1 is 1.23 bits per heavy atom. The first-order valence-electron chi connectivity index (χ1n) is 10.3. The fourth-order valence-electron chi connectivity index (χ4n) is 4.97. The van der Waals surface area contributed by atoms with Crippen molar-refractivity contribution < 1.29 is 4.79 Å². The lowest BCUT2D eigenvalue weighted by atomic mass is 9.93. The van der Waals surface area contributed by atoms with E-state index in [0.717, 1.165) is 44.0 Å². The Balaban J connectivity index is 1.62. The summed E-state index contributed by atoms with van der Waals surface area (Å²) in [6, 6.07) is 6.84. The molecule has 0 aromatic heterocycles. The van der Waals surface area contributed by atoms with E-state index in [1.165, 1.54) is 29.5 Å². The molecule has 2 atom stereocenters. The molecule has 0 bridgehead atoms. The van der Waals surface area contributed by atoms with Crippen molar-refractivity contribution in [1.82, 2.24) is 9.80 Å². The van der Waals surface area contributed by atoms with Gasteiger partial charge in [-0.1, -0.05) is 32.0 Å². The van der Waals surface area contributed by atoms with Crippen LogP contribution in [0.3, 0.4) is 0 Å². The average Bonchev–Trinajstić information content (AvgIpc) is 3.31. The number of carbonyl (C=O) groups is 1. The van der Waals surface area contributed by atoms with Gasteiger partial charge >= 0.3 is 0 Å². The molecule has 3 aliphatic rings. The lowest BCUT2D eigenvalue weighted by molar-refractivity contribution is -0.145. The van der Waals surface area contributed by atoms with Gasteiger partial charge in [-0.15, -0.1) is 0 Å². The first kappa shape index (κ1) is 18.4. The van der Waals surface area contributed by atoms with Crippen LogP contribution in [0.5, 0.6) is 0 Å². The zero-order valence-corrected chi connectivity index (χ0v) is 17.3. The molecule has 0 radical (unpaired) electrons. The van der Waals surface area contributed by atoms with Crippen LogP contribution in [0.2, 0.25) is 0 Å². The molecule has 0 saturated carbocycles. The monoisotopic (exact) mass is 372 g/mol. The Morgan fingerprint density at radius 2 is 2.00 bits per heavy atom. The standard InChI is InChI=1S/C22H32N2OS/c1-16(2)18-7-6-17-8-9-19(20(17)14-18)21(25)24-12-13-26-15-22(24,3)23-10-4-5-11-23/h6-7,14,16,19H,4-5,8-13,15H2,1-3H3. The molecule has 2 heterocycles. The lowest BCUT2D eigenvalue weighted by Crippen LogP contribution is -2.64. The van der Waals surface area contributed by atoms with E-state index in [2.05, 4.69) is 48.8 Å². The molecule has 2 fully saturated rings. The highest BCUT2D eigenvalue weighted by Gasteiger charge is 2.46. The fraction of sp³-hybridized carbons (Fsp3) is 0.682. The summed E-state index contributed by atoms with van der Waals surface area (Å²) in [6.45, 7) is 9.95. The van der Waals surface area contributed by atoms with Crippen LogP contribution in [-0.2, 0) is 11.2 Å². The third-order valence-corrected chi connectivity index (χ3v) is 7.90. The topological polar surface area (TPSA) is 23.6 Å². The number of nitrogens with zero attached hydrogens (tertiary/aromatic N) is 2. The maximum Gasteiger partial charge on any atom is 0.231 e. The van der Waals surface area contributed by atoms with Crippen molar-refractivity contribution in [2.24, 2.45) is 0 Å². The van der Waals surface area contributed by atoms with Gasteiger partial charge < -0.3 is 4.90 Å². The number of carbonyl (C=O) groups excluding carboxylic acids is 1. The molecular formula is C22H32N2OS. The molecule has 2 saturated heterocycles. The van der Waals surface area contributed by atoms with E-state index in [1.807, 2.05) is 11.8 Å². The minimum atomic E-state index is -0.102. The normalized spacial score (nSPS) is 29.4. The van der Waals surface area contributed by atoms with Crippen molar-refractivity contribution in [2.45, 2.75) is 64.0 Å². The quantitative estimate of drug-likeness (QED) is 0.793. The molecule has 1 aromatic rings. The van der Waals surface area contributed by atoms with E-state index < -0.39 is 0 Å². The van der Waals surface area contributed by atoms with Gasteiger partial charge in [-0.2, -0.15) is 11.8 Å². The Bertz CT molecular complexity index is 683. The smallest absolute Gasteiger partial charge is 0.231 e. The molecule has 1 aliphatic carbocycles. The van der Waals surface area contributed by atoms with E-state index >= 15 is 0 Å². The Labute approximate surface area is 162 Å². The van der Waals surface area contributed by atoms with Crippen LogP contribution in [0.4, 0.5) is 0 Å². The molecule has 1 amide bonds. The van der Waals surface area contributed by atoms with Crippen LogP contribution in [0, 0.1) is 0 Å². The molecule has 26 heavy (non-hydrogen) atoms. The molecule has 142 valence electrons.